The fourth-order valence-corrected chi connectivity index (χ4v) is 4.51. The van der Waals surface area contributed by atoms with E-state index in [0.29, 0.717) is 22.1 Å². The molecule has 0 saturated heterocycles. The highest BCUT2D eigenvalue weighted by atomic mass is 79.9. The predicted molar refractivity (Wildman–Crippen MR) is 131 cm³/mol. The van der Waals surface area contributed by atoms with Crippen molar-refractivity contribution in [3.05, 3.63) is 69.0 Å². The van der Waals surface area contributed by atoms with Crippen molar-refractivity contribution in [2.45, 2.75) is 6.92 Å². The number of aryl methyl sites for hydroxylation is 1. The van der Waals surface area contributed by atoms with Crippen LogP contribution in [0.5, 0.6) is 11.5 Å². The highest BCUT2D eigenvalue weighted by molar-refractivity contribution is 9.10. The van der Waals surface area contributed by atoms with Crippen LogP contribution in [0, 0.1) is 6.92 Å². The molecule has 166 valence electrons. The number of esters is 1. The van der Waals surface area contributed by atoms with E-state index in [1.165, 1.54) is 24.5 Å². The topological polar surface area (TPSA) is 73.9 Å². The van der Waals surface area contributed by atoms with Gasteiger partial charge in [0, 0.05) is 21.0 Å². The summed E-state index contributed by atoms with van der Waals surface area (Å²) in [5, 5.41) is 3.26. The normalized spacial score (nSPS) is 10.8. The molecule has 0 aliphatic rings. The van der Waals surface area contributed by atoms with E-state index in [9.17, 15) is 9.59 Å². The van der Waals surface area contributed by atoms with E-state index in [-0.39, 0.29) is 5.91 Å². The van der Waals surface area contributed by atoms with Gasteiger partial charge >= 0.3 is 5.97 Å². The molecule has 1 N–H and O–H groups in total. The van der Waals surface area contributed by atoms with Crippen molar-refractivity contribution in [1.82, 2.24) is 0 Å². The summed E-state index contributed by atoms with van der Waals surface area (Å²) in [6, 6.07) is 13.0. The summed E-state index contributed by atoms with van der Waals surface area (Å²) in [6.07, 6.45) is 3.06. The van der Waals surface area contributed by atoms with Crippen LogP contribution in [0.4, 0.5) is 5.00 Å². The van der Waals surface area contributed by atoms with Crippen LogP contribution < -0.4 is 14.8 Å². The molecule has 0 radical (unpaired) electrons. The Morgan fingerprint density at radius 3 is 2.31 bits per heavy atom. The number of hydrogen-bond donors (Lipinski definition) is 1. The van der Waals surface area contributed by atoms with Gasteiger partial charge in [-0.05, 0) is 48.4 Å². The standard InChI is InChI=1S/C24H22BrNO5S/c1-14-21(16-7-9-17(25)10-8-16)22(24(28)31-4)23(32-14)26-20(27)12-6-15-5-11-18(29-2)19(13-15)30-3/h5-13H,1-4H3,(H,26,27)/b12-6+. The van der Waals surface area contributed by atoms with Crippen molar-refractivity contribution in [3.8, 4) is 22.6 Å². The lowest BCUT2D eigenvalue weighted by molar-refractivity contribution is -0.111. The highest BCUT2D eigenvalue weighted by Crippen LogP contribution is 2.40. The van der Waals surface area contributed by atoms with Crippen molar-refractivity contribution >= 4 is 50.2 Å². The van der Waals surface area contributed by atoms with Crippen LogP contribution in [-0.2, 0) is 9.53 Å². The molecule has 1 aromatic heterocycles. The van der Waals surface area contributed by atoms with Gasteiger partial charge in [-0.15, -0.1) is 11.3 Å². The zero-order valence-electron chi connectivity index (χ0n) is 18.0. The number of ether oxygens (including phenoxy) is 3. The third-order valence-electron chi connectivity index (χ3n) is 4.68. The predicted octanol–water partition coefficient (Wildman–Crippen LogP) is 5.94. The highest BCUT2D eigenvalue weighted by Gasteiger charge is 2.24. The van der Waals surface area contributed by atoms with Gasteiger partial charge in [0.15, 0.2) is 11.5 Å². The van der Waals surface area contributed by atoms with Gasteiger partial charge in [-0.3, -0.25) is 4.79 Å². The Morgan fingerprint density at radius 1 is 1.00 bits per heavy atom. The average Bonchev–Trinajstić information content (AvgIpc) is 3.12. The Bertz CT molecular complexity index is 1170. The quantitative estimate of drug-likeness (QED) is 0.311. The van der Waals surface area contributed by atoms with Crippen LogP contribution in [-0.4, -0.2) is 33.2 Å². The third-order valence-corrected chi connectivity index (χ3v) is 6.23. The van der Waals surface area contributed by atoms with Gasteiger partial charge in [-0.1, -0.05) is 34.1 Å². The maximum Gasteiger partial charge on any atom is 0.341 e. The zero-order chi connectivity index (χ0) is 23.3. The van der Waals surface area contributed by atoms with Crippen molar-refractivity contribution in [2.75, 3.05) is 26.6 Å². The number of hydrogen-bond acceptors (Lipinski definition) is 6. The summed E-state index contributed by atoms with van der Waals surface area (Å²) in [7, 11) is 4.43. The van der Waals surface area contributed by atoms with E-state index < -0.39 is 5.97 Å². The monoisotopic (exact) mass is 515 g/mol. The molecule has 0 bridgehead atoms. The molecule has 3 rings (SSSR count). The largest absolute Gasteiger partial charge is 0.493 e. The van der Waals surface area contributed by atoms with E-state index >= 15 is 0 Å². The first kappa shape index (κ1) is 23.6. The van der Waals surface area contributed by atoms with Crippen LogP contribution in [0.25, 0.3) is 17.2 Å². The van der Waals surface area contributed by atoms with E-state index in [4.69, 9.17) is 14.2 Å². The number of nitrogens with one attached hydrogen (secondary N) is 1. The van der Waals surface area contributed by atoms with Crippen molar-refractivity contribution < 1.29 is 23.8 Å². The molecule has 2 aromatic carbocycles. The molecule has 0 saturated carbocycles. The molecule has 0 spiro atoms. The second-order valence-corrected chi connectivity index (χ2v) is 8.81. The summed E-state index contributed by atoms with van der Waals surface area (Å²) in [5.74, 6) is 0.294. The van der Waals surface area contributed by atoms with Crippen LogP contribution in [0.2, 0.25) is 0 Å². The van der Waals surface area contributed by atoms with E-state index in [1.807, 2.05) is 37.3 Å². The summed E-state index contributed by atoms with van der Waals surface area (Å²) in [5.41, 5.74) is 2.71. The zero-order valence-corrected chi connectivity index (χ0v) is 20.4. The van der Waals surface area contributed by atoms with E-state index in [0.717, 1.165) is 26.0 Å². The molecule has 32 heavy (non-hydrogen) atoms. The van der Waals surface area contributed by atoms with Gasteiger partial charge in [0.05, 0.1) is 21.3 Å². The Hall–Kier alpha value is -3.10. The third kappa shape index (κ3) is 5.20. The van der Waals surface area contributed by atoms with Crippen molar-refractivity contribution in [2.24, 2.45) is 0 Å². The number of carbonyl (C=O) groups is 2. The molecule has 3 aromatic rings. The van der Waals surface area contributed by atoms with Crippen LogP contribution in [0.1, 0.15) is 20.8 Å². The Balaban J connectivity index is 1.89. The van der Waals surface area contributed by atoms with Gasteiger partial charge in [0.2, 0.25) is 5.91 Å². The number of methoxy groups -OCH3 is 3. The van der Waals surface area contributed by atoms with Crippen LogP contribution >= 0.6 is 27.3 Å². The number of thiophene rings is 1. The smallest absolute Gasteiger partial charge is 0.341 e. The number of anilines is 1. The SMILES string of the molecule is COC(=O)c1c(NC(=O)/C=C/c2ccc(OC)c(OC)c2)sc(C)c1-c1ccc(Br)cc1. The second kappa shape index (κ2) is 10.5. The first-order chi connectivity index (χ1) is 15.4. The lowest BCUT2D eigenvalue weighted by Gasteiger charge is -2.08. The maximum absolute atomic E-state index is 12.6. The van der Waals surface area contributed by atoms with E-state index in [2.05, 4.69) is 21.2 Å². The molecular weight excluding hydrogens is 494 g/mol. The van der Waals surface area contributed by atoms with Crippen molar-refractivity contribution in [3.63, 3.8) is 0 Å². The van der Waals surface area contributed by atoms with Gasteiger partial charge in [0.1, 0.15) is 10.6 Å². The molecule has 1 heterocycles. The molecule has 0 aliphatic heterocycles. The van der Waals surface area contributed by atoms with Crippen molar-refractivity contribution in [1.29, 1.82) is 0 Å². The fraction of sp³-hybridized carbons (Fsp3) is 0.167. The Morgan fingerprint density at radius 2 is 1.69 bits per heavy atom. The molecule has 1 amide bonds. The fourth-order valence-electron chi connectivity index (χ4n) is 3.18. The summed E-state index contributed by atoms with van der Waals surface area (Å²) < 4.78 is 16.4. The van der Waals surface area contributed by atoms with Gasteiger partial charge in [0.25, 0.3) is 0 Å². The van der Waals surface area contributed by atoms with Gasteiger partial charge in [-0.25, -0.2) is 4.79 Å². The average molecular weight is 516 g/mol. The molecule has 6 nitrogen and oxygen atoms in total. The van der Waals surface area contributed by atoms with E-state index in [1.54, 1.807) is 32.4 Å². The number of rotatable bonds is 7. The molecule has 0 unspecified atom stereocenters. The molecule has 0 aliphatic carbocycles. The minimum atomic E-state index is -0.508. The molecule has 8 heteroatoms. The minimum Gasteiger partial charge on any atom is -0.493 e. The first-order valence-corrected chi connectivity index (χ1v) is 11.2. The Labute approximate surface area is 198 Å². The number of benzene rings is 2. The summed E-state index contributed by atoms with van der Waals surface area (Å²) >= 11 is 4.75. The number of halogens is 1. The summed E-state index contributed by atoms with van der Waals surface area (Å²) in [6.45, 7) is 1.91. The van der Waals surface area contributed by atoms with Gasteiger partial charge < -0.3 is 19.5 Å². The lowest BCUT2D eigenvalue weighted by Crippen LogP contribution is -2.11. The first-order valence-electron chi connectivity index (χ1n) is 9.56. The number of amides is 1. The molecule has 0 fully saturated rings. The summed E-state index contributed by atoms with van der Waals surface area (Å²) in [4.78, 5) is 26.1. The molecular formula is C24H22BrNO5S. The molecule has 0 atom stereocenters. The van der Waals surface area contributed by atoms with Crippen LogP contribution in [0.3, 0.4) is 0 Å². The second-order valence-electron chi connectivity index (χ2n) is 6.67. The maximum atomic E-state index is 12.6. The van der Waals surface area contributed by atoms with Crippen LogP contribution in [0.15, 0.2) is 53.0 Å². The number of carbonyl (C=O) groups excluding carboxylic acids is 2. The Kier molecular flexibility index (Phi) is 7.71. The minimum absolute atomic E-state index is 0.338. The lowest BCUT2D eigenvalue weighted by atomic mass is 10.0. The van der Waals surface area contributed by atoms with Gasteiger partial charge in [-0.2, -0.15) is 0 Å².